The minimum Gasteiger partial charge on any atom is -0.297 e. The van der Waals surface area contributed by atoms with Crippen LogP contribution in [0.15, 0.2) is 11.4 Å². The number of aromatic nitrogens is 1. The molecule has 0 saturated heterocycles. The molecule has 2 heterocycles. The van der Waals surface area contributed by atoms with E-state index in [4.69, 9.17) is 0 Å². The third-order valence-electron chi connectivity index (χ3n) is 2.60. The van der Waals surface area contributed by atoms with E-state index in [2.05, 4.69) is 24.1 Å². The highest BCUT2D eigenvalue weighted by atomic mass is 32.1. The Hall–Kier alpha value is -1.20. The lowest BCUT2D eigenvalue weighted by Gasteiger charge is -1.97. The first kappa shape index (κ1) is 13.2. The van der Waals surface area contributed by atoms with Crippen molar-refractivity contribution in [2.24, 2.45) is 0 Å². The minimum absolute atomic E-state index is 0.0557. The van der Waals surface area contributed by atoms with Crippen molar-refractivity contribution in [3.05, 3.63) is 32.5 Å². The van der Waals surface area contributed by atoms with Crippen molar-refractivity contribution in [2.45, 2.75) is 33.6 Å². The fourth-order valence-electron chi connectivity index (χ4n) is 1.72. The maximum Gasteiger partial charge on any atom is 0.267 e. The molecular formula is C13H16N2OS2. The van der Waals surface area contributed by atoms with Crippen molar-refractivity contribution in [3.63, 3.8) is 0 Å². The Labute approximate surface area is 115 Å². The lowest BCUT2D eigenvalue weighted by Crippen LogP contribution is -2.09. The maximum absolute atomic E-state index is 12.1. The summed E-state index contributed by atoms with van der Waals surface area (Å²) >= 11 is 3.01. The van der Waals surface area contributed by atoms with Crippen LogP contribution in [0.5, 0.6) is 0 Å². The summed E-state index contributed by atoms with van der Waals surface area (Å²) < 4.78 is 0. The monoisotopic (exact) mass is 280 g/mol. The second kappa shape index (κ2) is 5.63. The van der Waals surface area contributed by atoms with Gasteiger partial charge in [0.1, 0.15) is 0 Å². The summed E-state index contributed by atoms with van der Waals surface area (Å²) in [5.74, 6) is -0.0557. The quantitative estimate of drug-likeness (QED) is 0.919. The Bertz CT molecular complexity index is 557. The lowest BCUT2D eigenvalue weighted by atomic mass is 10.1. The molecule has 0 unspecified atom stereocenters. The maximum atomic E-state index is 12.1. The van der Waals surface area contributed by atoms with Crippen LogP contribution in [0.3, 0.4) is 0 Å². The molecule has 0 fully saturated rings. The van der Waals surface area contributed by atoms with Crippen LogP contribution in [0.4, 0.5) is 5.13 Å². The summed E-state index contributed by atoms with van der Waals surface area (Å²) in [5.41, 5.74) is 2.22. The largest absolute Gasteiger partial charge is 0.297 e. The molecule has 0 atom stereocenters. The summed E-state index contributed by atoms with van der Waals surface area (Å²) in [7, 11) is 0. The van der Waals surface area contributed by atoms with Gasteiger partial charge in [-0.15, -0.1) is 22.7 Å². The summed E-state index contributed by atoms with van der Waals surface area (Å²) in [6.45, 7) is 6.13. The number of hydrogen-bond acceptors (Lipinski definition) is 4. The van der Waals surface area contributed by atoms with Crippen molar-refractivity contribution in [1.29, 1.82) is 0 Å². The number of nitrogens with zero attached hydrogens (tertiary/aromatic N) is 1. The predicted octanol–water partition coefficient (Wildman–Crippen LogP) is 4.03. The zero-order chi connectivity index (χ0) is 13.1. The third kappa shape index (κ3) is 2.97. The fraction of sp³-hybridized carbons (Fsp3) is 0.385. The molecule has 0 aliphatic heterocycles. The normalized spacial score (nSPS) is 10.6. The zero-order valence-electron chi connectivity index (χ0n) is 10.7. The van der Waals surface area contributed by atoms with Gasteiger partial charge in [0.25, 0.3) is 5.91 Å². The van der Waals surface area contributed by atoms with E-state index in [1.54, 1.807) is 11.3 Å². The number of hydrogen-bond donors (Lipinski definition) is 1. The standard InChI is InChI=1S/C13H16N2OS2/c1-4-5-10-6-11(18-9(10)3)12(16)15-13-14-8(2)7-17-13/h6-7H,4-5H2,1-3H3,(H,14,15,16). The summed E-state index contributed by atoms with van der Waals surface area (Å²) in [6.07, 6.45) is 2.14. The van der Waals surface area contributed by atoms with Gasteiger partial charge in [-0.05, 0) is 31.9 Å². The Morgan fingerprint density at radius 1 is 1.44 bits per heavy atom. The van der Waals surface area contributed by atoms with E-state index in [1.165, 1.54) is 21.8 Å². The molecule has 0 spiro atoms. The van der Waals surface area contributed by atoms with E-state index >= 15 is 0 Å². The summed E-state index contributed by atoms with van der Waals surface area (Å²) in [5, 5.41) is 5.44. The van der Waals surface area contributed by atoms with Crippen LogP contribution in [-0.2, 0) is 6.42 Å². The van der Waals surface area contributed by atoms with Gasteiger partial charge in [0.05, 0.1) is 10.6 Å². The smallest absolute Gasteiger partial charge is 0.267 e. The average Bonchev–Trinajstić information content (AvgIpc) is 2.87. The molecule has 3 nitrogen and oxygen atoms in total. The highest BCUT2D eigenvalue weighted by Gasteiger charge is 2.13. The summed E-state index contributed by atoms with van der Waals surface area (Å²) in [4.78, 5) is 18.3. The first-order valence-corrected chi connectivity index (χ1v) is 7.62. The third-order valence-corrected chi connectivity index (χ3v) is 4.57. The van der Waals surface area contributed by atoms with Crippen LogP contribution >= 0.6 is 22.7 Å². The molecule has 1 amide bonds. The van der Waals surface area contributed by atoms with Gasteiger partial charge >= 0.3 is 0 Å². The fourth-order valence-corrected chi connectivity index (χ4v) is 3.37. The zero-order valence-corrected chi connectivity index (χ0v) is 12.4. The minimum atomic E-state index is -0.0557. The Morgan fingerprint density at radius 2 is 2.22 bits per heavy atom. The van der Waals surface area contributed by atoms with E-state index in [-0.39, 0.29) is 5.91 Å². The number of carbonyl (C=O) groups excluding carboxylic acids is 1. The van der Waals surface area contributed by atoms with E-state index in [0.717, 1.165) is 23.4 Å². The SMILES string of the molecule is CCCc1cc(C(=O)Nc2nc(C)cs2)sc1C. The second-order valence-electron chi connectivity index (χ2n) is 4.19. The second-order valence-corrected chi connectivity index (χ2v) is 6.30. The van der Waals surface area contributed by atoms with E-state index in [0.29, 0.717) is 5.13 Å². The predicted molar refractivity (Wildman–Crippen MR) is 77.9 cm³/mol. The first-order chi connectivity index (χ1) is 8.60. The Kier molecular flexibility index (Phi) is 4.14. The first-order valence-electron chi connectivity index (χ1n) is 5.93. The molecule has 2 aromatic heterocycles. The van der Waals surface area contributed by atoms with Crippen LogP contribution < -0.4 is 5.32 Å². The Morgan fingerprint density at radius 3 is 2.83 bits per heavy atom. The molecule has 1 N–H and O–H groups in total. The van der Waals surface area contributed by atoms with Crippen LogP contribution in [0.25, 0.3) is 0 Å². The molecule has 0 aromatic carbocycles. The van der Waals surface area contributed by atoms with E-state index in [9.17, 15) is 4.79 Å². The number of thiophene rings is 1. The van der Waals surface area contributed by atoms with Gasteiger partial charge in [-0.1, -0.05) is 13.3 Å². The number of aryl methyl sites for hydroxylation is 3. The van der Waals surface area contributed by atoms with Crippen LogP contribution in [0, 0.1) is 13.8 Å². The van der Waals surface area contributed by atoms with Crippen LogP contribution in [0.2, 0.25) is 0 Å². The van der Waals surface area contributed by atoms with Crippen molar-refractivity contribution in [1.82, 2.24) is 4.98 Å². The molecule has 18 heavy (non-hydrogen) atoms. The number of rotatable bonds is 4. The number of carbonyl (C=O) groups is 1. The molecular weight excluding hydrogens is 264 g/mol. The van der Waals surface area contributed by atoms with E-state index < -0.39 is 0 Å². The van der Waals surface area contributed by atoms with Crippen LogP contribution in [0.1, 0.15) is 39.2 Å². The van der Waals surface area contributed by atoms with Gasteiger partial charge in [-0.25, -0.2) is 4.98 Å². The Balaban J connectivity index is 2.11. The number of thiazole rings is 1. The summed E-state index contributed by atoms with van der Waals surface area (Å²) in [6, 6.07) is 2.00. The highest BCUT2D eigenvalue weighted by Crippen LogP contribution is 2.24. The number of anilines is 1. The number of nitrogens with one attached hydrogen (secondary N) is 1. The van der Waals surface area contributed by atoms with Gasteiger partial charge in [0.15, 0.2) is 5.13 Å². The lowest BCUT2D eigenvalue weighted by molar-refractivity contribution is 0.103. The van der Waals surface area contributed by atoms with Gasteiger partial charge in [-0.2, -0.15) is 0 Å². The molecule has 0 radical (unpaired) electrons. The van der Waals surface area contributed by atoms with Crippen molar-refractivity contribution in [2.75, 3.05) is 5.32 Å². The van der Waals surface area contributed by atoms with Gasteiger partial charge in [0, 0.05) is 10.3 Å². The molecule has 5 heteroatoms. The van der Waals surface area contributed by atoms with Crippen molar-refractivity contribution >= 4 is 33.7 Å². The molecule has 0 aliphatic carbocycles. The van der Waals surface area contributed by atoms with Gasteiger partial charge in [-0.3, -0.25) is 10.1 Å². The topological polar surface area (TPSA) is 42.0 Å². The molecule has 0 aliphatic rings. The van der Waals surface area contributed by atoms with Crippen molar-refractivity contribution < 1.29 is 4.79 Å². The van der Waals surface area contributed by atoms with Gasteiger partial charge < -0.3 is 0 Å². The van der Waals surface area contributed by atoms with E-state index in [1.807, 2.05) is 18.4 Å². The molecule has 0 bridgehead atoms. The highest BCUT2D eigenvalue weighted by molar-refractivity contribution is 7.15. The van der Waals surface area contributed by atoms with Gasteiger partial charge in [0.2, 0.25) is 0 Å². The molecule has 96 valence electrons. The average molecular weight is 280 g/mol. The molecule has 2 rings (SSSR count). The van der Waals surface area contributed by atoms with Crippen molar-refractivity contribution in [3.8, 4) is 0 Å². The van der Waals surface area contributed by atoms with Crippen LogP contribution in [-0.4, -0.2) is 10.9 Å². The molecule has 2 aromatic rings. The number of amides is 1. The molecule has 0 saturated carbocycles.